The van der Waals surface area contributed by atoms with E-state index >= 15 is 0 Å². The van der Waals surface area contributed by atoms with E-state index in [4.69, 9.17) is 11.6 Å². The predicted molar refractivity (Wildman–Crippen MR) is 34.8 cm³/mol. The SMILES string of the molecule is FC1(F)C2CNCC2(Cl)C1(F)F. The van der Waals surface area contributed by atoms with Crippen LogP contribution in [0.25, 0.3) is 0 Å². The highest BCUT2D eigenvalue weighted by molar-refractivity contribution is 6.26. The molecule has 70 valence electrons. The van der Waals surface area contributed by atoms with E-state index in [1.807, 2.05) is 0 Å². The third-order valence-electron chi connectivity index (χ3n) is 2.66. The van der Waals surface area contributed by atoms with Crippen LogP contribution < -0.4 is 5.32 Å². The molecule has 1 N–H and O–H groups in total. The lowest BCUT2D eigenvalue weighted by atomic mass is 9.67. The first-order valence-corrected chi connectivity index (χ1v) is 3.87. The molecule has 0 aromatic carbocycles. The third-order valence-corrected chi connectivity index (χ3v) is 3.30. The zero-order chi connectivity index (χ0) is 9.20. The van der Waals surface area contributed by atoms with Crippen LogP contribution in [0.15, 0.2) is 0 Å². The summed E-state index contributed by atoms with van der Waals surface area (Å²) < 4.78 is 50.8. The molecule has 2 aliphatic rings. The zero-order valence-corrected chi connectivity index (χ0v) is 6.64. The van der Waals surface area contributed by atoms with Crippen LogP contribution in [-0.2, 0) is 0 Å². The van der Waals surface area contributed by atoms with Crippen LogP contribution in [0.5, 0.6) is 0 Å². The zero-order valence-electron chi connectivity index (χ0n) is 5.88. The number of halogens is 5. The Morgan fingerprint density at radius 1 is 1.25 bits per heavy atom. The summed E-state index contributed by atoms with van der Waals surface area (Å²) in [7, 11) is 0. The Labute approximate surface area is 71.1 Å². The molecule has 1 saturated heterocycles. The molecule has 2 atom stereocenters. The average molecular weight is 204 g/mol. The molecule has 2 rings (SSSR count). The largest absolute Gasteiger partial charge is 0.331 e. The molecule has 12 heavy (non-hydrogen) atoms. The molecular formula is C6H6ClF4N. The summed E-state index contributed by atoms with van der Waals surface area (Å²) in [6.45, 7) is -0.381. The van der Waals surface area contributed by atoms with Crippen LogP contribution in [0, 0.1) is 5.92 Å². The van der Waals surface area contributed by atoms with Crippen molar-refractivity contribution in [3.63, 3.8) is 0 Å². The Balaban J connectivity index is 2.38. The lowest BCUT2D eigenvalue weighted by Gasteiger charge is -2.52. The van der Waals surface area contributed by atoms with Crippen molar-refractivity contribution in [2.75, 3.05) is 13.1 Å². The van der Waals surface area contributed by atoms with Crippen molar-refractivity contribution in [3.8, 4) is 0 Å². The van der Waals surface area contributed by atoms with Crippen LogP contribution in [0.2, 0.25) is 0 Å². The van der Waals surface area contributed by atoms with Crippen molar-refractivity contribution in [2.24, 2.45) is 5.92 Å². The Morgan fingerprint density at radius 2 is 1.83 bits per heavy atom. The van der Waals surface area contributed by atoms with E-state index in [2.05, 4.69) is 5.32 Å². The number of nitrogens with one attached hydrogen (secondary N) is 1. The first kappa shape index (κ1) is 8.56. The van der Waals surface area contributed by atoms with Gasteiger partial charge in [0, 0.05) is 13.1 Å². The summed E-state index contributed by atoms with van der Waals surface area (Å²) in [6, 6.07) is 0. The summed E-state index contributed by atoms with van der Waals surface area (Å²) in [5.74, 6) is -9.45. The summed E-state index contributed by atoms with van der Waals surface area (Å²) in [5.41, 5.74) is 0. The van der Waals surface area contributed by atoms with Gasteiger partial charge in [-0.15, -0.1) is 11.6 Å². The molecule has 0 aromatic rings. The van der Waals surface area contributed by atoms with Crippen molar-refractivity contribution in [3.05, 3.63) is 0 Å². The maximum atomic E-state index is 12.7. The number of fused-ring (bicyclic) bond motifs is 1. The van der Waals surface area contributed by atoms with Gasteiger partial charge >= 0.3 is 11.8 Å². The highest BCUT2D eigenvalue weighted by Crippen LogP contribution is 2.66. The van der Waals surface area contributed by atoms with E-state index in [0.29, 0.717) is 0 Å². The first-order valence-electron chi connectivity index (χ1n) is 3.49. The molecule has 1 nitrogen and oxygen atoms in total. The third kappa shape index (κ3) is 0.587. The van der Waals surface area contributed by atoms with E-state index < -0.39 is 22.6 Å². The maximum absolute atomic E-state index is 12.7. The molecule has 0 amide bonds. The average Bonchev–Trinajstić information content (AvgIpc) is 2.31. The molecule has 6 heteroatoms. The van der Waals surface area contributed by atoms with Gasteiger partial charge in [0.1, 0.15) is 4.87 Å². The minimum atomic E-state index is -4.07. The van der Waals surface area contributed by atoms with Crippen molar-refractivity contribution in [1.29, 1.82) is 0 Å². The van der Waals surface area contributed by atoms with Gasteiger partial charge in [0.2, 0.25) is 0 Å². The summed E-state index contributed by atoms with van der Waals surface area (Å²) in [4.78, 5) is -2.06. The molecule has 1 heterocycles. The Morgan fingerprint density at radius 3 is 2.33 bits per heavy atom. The van der Waals surface area contributed by atoms with Crippen LogP contribution in [0.1, 0.15) is 0 Å². The van der Waals surface area contributed by atoms with Gasteiger partial charge in [-0.2, -0.15) is 17.6 Å². The number of hydrogen-bond acceptors (Lipinski definition) is 1. The molecule has 1 aliphatic carbocycles. The van der Waals surface area contributed by atoms with Crippen LogP contribution >= 0.6 is 11.6 Å². The van der Waals surface area contributed by atoms with E-state index in [1.165, 1.54) is 0 Å². The van der Waals surface area contributed by atoms with Gasteiger partial charge in [-0.05, 0) is 0 Å². The molecule has 0 radical (unpaired) electrons. The predicted octanol–water partition coefficient (Wildman–Crippen LogP) is 1.47. The number of alkyl halides is 5. The smallest absolute Gasteiger partial charge is 0.314 e. The summed E-state index contributed by atoms with van der Waals surface area (Å²) in [5, 5.41) is 2.44. The quantitative estimate of drug-likeness (QED) is 0.464. The topological polar surface area (TPSA) is 12.0 Å². The van der Waals surface area contributed by atoms with Crippen molar-refractivity contribution in [2.45, 2.75) is 16.7 Å². The monoisotopic (exact) mass is 203 g/mol. The number of hydrogen-bond donors (Lipinski definition) is 1. The fraction of sp³-hybridized carbons (Fsp3) is 1.00. The van der Waals surface area contributed by atoms with Gasteiger partial charge in [0.15, 0.2) is 0 Å². The van der Waals surface area contributed by atoms with Crippen LogP contribution in [0.3, 0.4) is 0 Å². The highest BCUT2D eigenvalue weighted by atomic mass is 35.5. The van der Waals surface area contributed by atoms with Gasteiger partial charge in [-0.3, -0.25) is 0 Å². The van der Waals surface area contributed by atoms with Gasteiger partial charge in [0.25, 0.3) is 0 Å². The fourth-order valence-electron chi connectivity index (χ4n) is 1.85. The van der Waals surface area contributed by atoms with Crippen molar-refractivity contribution >= 4 is 11.6 Å². The second-order valence-electron chi connectivity index (χ2n) is 3.24. The Kier molecular flexibility index (Phi) is 1.35. The minimum Gasteiger partial charge on any atom is -0.314 e. The lowest BCUT2D eigenvalue weighted by Crippen LogP contribution is -2.75. The molecular weight excluding hydrogens is 198 g/mol. The summed E-state index contributed by atoms with van der Waals surface area (Å²) >= 11 is 5.39. The molecule has 2 fully saturated rings. The minimum absolute atomic E-state index is 0.133. The fourth-order valence-corrected chi connectivity index (χ4v) is 2.28. The van der Waals surface area contributed by atoms with Crippen LogP contribution in [-0.4, -0.2) is 29.8 Å². The van der Waals surface area contributed by atoms with Crippen molar-refractivity contribution < 1.29 is 17.6 Å². The molecule has 0 aromatic heterocycles. The first-order chi connectivity index (χ1) is 5.34. The van der Waals surface area contributed by atoms with Crippen LogP contribution in [0.4, 0.5) is 17.6 Å². The molecule has 0 bridgehead atoms. The normalized spacial score (nSPS) is 48.2. The molecule has 0 spiro atoms. The standard InChI is InChI=1S/C6H6ClF4N/c7-4-2-12-1-3(4)5(8,9)6(4,10)11/h3,12H,1-2H2. The van der Waals surface area contributed by atoms with Gasteiger partial charge in [-0.1, -0.05) is 0 Å². The molecule has 1 saturated carbocycles. The van der Waals surface area contributed by atoms with Crippen molar-refractivity contribution in [1.82, 2.24) is 5.32 Å². The summed E-state index contributed by atoms with van der Waals surface area (Å²) in [6.07, 6.45) is 0. The maximum Gasteiger partial charge on any atom is 0.331 e. The van der Waals surface area contributed by atoms with E-state index in [9.17, 15) is 17.6 Å². The van der Waals surface area contributed by atoms with E-state index in [-0.39, 0.29) is 13.1 Å². The second kappa shape index (κ2) is 1.90. The second-order valence-corrected chi connectivity index (χ2v) is 3.92. The van der Waals surface area contributed by atoms with Gasteiger partial charge in [-0.25, -0.2) is 0 Å². The van der Waals surface area contributed by atoms with E-state index in [1.54, 1.807) is 0 Å². The van der Waals surface area contributed by atoms with E-state index in [0.717, 1.165) is 0 Å². The number of rotatable bonds is 0. The Bertz CT molecular complexity index is 229. The van der Waals surface area contributed by atoms with Gasteiger partial charge in [0.05, 0.1) is 5.92 Å². The lowest BCUT2D eigenvalue weighted by molar-refractivity contribution is -0.326. The highest BCUT2D eigenvalue weighted by Gasteiger charge is 2.87. The van der Waals surface area contributed by atoms with Gasteiger partial charge < -0.3 is 5.32 Å². The molecule has 2 unspecified atom stereocenters. The molecule has 1 aliphatic heterocycles. The Hall–Kier alpha value is -0.0300.